The minimum atomic E-state index is -0.565. The first-order valence-electron chi connectivity index (χ1n) is 6.07. The van der Waals surface area contributed by atoms with Crippen LogP contribution in [-0.2, 0) is 6.42 Å². The van der Waals surface area contributed by atoms with Crippen molar-refractivity contribution in [2.24, 2.45) is 0 Å². The molecule has 2 aromatic carbocycles. The molecular weight excluding hydrogens is 348 g/mol. The molecule has 0 bridgehead atoms. The van der Waals surface area contributed by atoms with Crippen molar-refractivity contribution in [2.75, 3.05) is 7.05 Å². The second-order valence-electron chi connectivity index (χ2n) is 4.45. The van der Waals surface area contributed by atoms with E-state index in [1.165, 1.54) is 12.1 Å². The van der Waals surface area contributed by atoms with E-state index in [0.29, 0.717) is 15.9 Å². The molecule has 0 aliphatic carbocycles. The summed E-state index contributed by atoms with van der Waals surface area (Å²) < 4.78 is 28.4. The van der Waals surface area contributed by atoms with Gasteiger partial charge in [-0.05, 0) is 43.3 Å². The van der Waals surface area contributed by atoms with Crippen LogP contribution >= 0.6 is 27.5 Å². The molecule has 0 saturated heterocycles. The summed E-state index contributed by atoms with van der Waals surface area (Å²) in [5.41, 5.74) is 1.00. The first-order valence-corrected chi connectivity index (χ1v) is 7.24. The minimum Gasteiger partial charge on any atom is -0.313 e. The van der Waals surface area contributed by atoms with Gasteiger partial charge in [0.25, 0.3) is 0 Å². The van der Waals surface area contributed by atoms with Gasteiger partial charge >= 0.3 is 0 Å². The van der Waals surface area contributed by atoms with E-state index >= 15 is 0 Å². The highest BCUT2D eigenvalue weighted by Gasteiger charge is 2.20. The van der Waals surface area contributed by atoms with E-state index in [0.717, 1.165) is 5.56 Å². The van der Waals surface area contributed by atoms with E-state index in [1.807, 2.05) is 12.1 Å². The van der Waals surface area contributed by atoms with Crippen molar-refractivity contribution in [1.29, 1.82) is 0 Å². The Balaban J connectivity index is 2.31. The summed E-state index contributed by atoms with van der Waals surface area (Å²) in [6.45, 7) is 0. The topological polar surface area (TPSA) is 12.0 Å². The van der Waals surface area contributed by atoms with Gasteiger partial charge < -0.3 is 5.32 Å². The zero-order chi connectivity index (χ0) is 14.7. The molecule has 5 heteroatoms. The van der Waals surface area contributed by atoms with Crippen molar-refractivity contribution in [2.45, 2.75) is 12.5 Å². The summed E-state index contributed by atoms with van der Waals surface area (Å²) >= 11 is 8.90. The molecule has 0 radical (unpaired) electrons. The van der Waals surface area contributed by atoms with E-state index in [-0.39, 0.29) is 5.56 Å². The Hall–Kier alpha value is -0.970. The second kappa shape index (κ2) is 6.66. The number of hydrogen-bond donors (Lipinski definition) is 1. The summed E-state index contributed by atoms with van der Waals surface area (Å²) in [6, 6.07) is 9.32. The van der Waals surface area contributed by atoms with Crippen LogP contribution in [0.5, 0.6) is 0 Å². The van der Waals surface area contributed by atoms with Crippen LogP contribution in [0.25, 0.3) is 0 Å². The molecule has 0 aliphatic rings. The van der Waals surface area contributed by atoms with E-state index in [1.54, 1.807) is 19.2 Å². The fourth-order valence-corrected chi connectivity index (χ4v) is 2.62. The Morgan fingerprint density at radius 1 is 1.15 bits per heavy atom. The summed E-state index contributed by atoms with van der Waals surface area (Å²) in [5, 5.41) is 3.59. The largest absolute Gasteiger partial charge is 0.313 e. The van der Waals surface area contributed by atoms with Crippen molar-refractivity contribution in [3.8, 4) is 0 Å². The molecule has 0 fully saturated rings. The highest BCUT2D eigenvalue weighted by molar-refractivity contribution is 9.10. The van der Waals surface area contributed by atoms with Gasteiger partial charge in [-0.2, -0.15) is 0 Å². The molecule has 0 aromatic heterocycles. The molecule has 106 valence electrons. The molecule has 0 heterocycles. The van der Waals surface area contributed by atoms with Crippen molar-refractivity contribution < 1.29 is 8.78 Å². The lowest BCUT2D eigenvalue weighted by molar-refractivity contribution is 0.488. The van der Waals surface area contributed by atoms with Gasteiger partial charge in [-0.15, -0.1) is 0 Å². The van der Waals surface area contributed by atoms with Crippen LogP contribution in [0.3, 0.4) is 0 Å². The molecule has 0 saturated carbocycles. The maximum atomic E-state index is 14.0. The molecule has 1 atom stereocenters. The highest BCUT2D eigenvalue weighted by Crippen LogP contribution is 2.27. The Morgan fingerprint density at radius 2 is 1.70 bits per heavy atom. The smallest absolute Gasteiger partial charge is 0.132 e. The van der Waals surface area contributed by atoms with Crippen molar-refractivity contribution >= 4 is 27.5 Å². The highest BCUT2D eigenvalue weighted by atomic mass is 79.9. The maximum Gasteiger partial charge on any atom is 0.132 e. The molecule has 1 nitrogen and oxygen atoms in total. The van der Waals surface area contributed by atoms with E-state index in [9.17, 15) is 8.78 Å². The van der Waals surface area contributed by atoms with E-state index in [2.05, 4.69) is 21.2 Å². The summed E-state index contributed by atoms with van der Waals surface area (Å²) in [6.07, 6.45) is 0.475. The van der Waals surface area contributed by atoms with E-state index < -0.39 is 17.7 Å². The first kappa shape index (κ1) is 15.4. The Labute approximate surface area is 130 Å². The molecule has 0 amide bonds. The van der Waals surface area contributed by atoms with Gasteiger partial charge in [-0.1, -0.05) is 39.7 Å². The van der Waals surface area contributed by atoms with Gasteiger partial charge in [-0.25, -0.2) is 8.78 Å². The van der Waals surface area contributed by atoms with Crippen LogP contribution in [0, 0.1) is 11.6 Å². The lowest BCUT2D eigenvalue weighted by Crippen LogP contribution is -2.21. The average Bonchev–Trinajstić information content (AvgIpc) is 2.38. The Morgan fingerprint density at radius 3 is 2.20 bits per heavy atom. The second-order valence-corrected chi connectivity index (χ2v) is 5.81. The predicted molar refractivity (Wildman–Crippen MR) is 81.0 cm³/mol. The molecule has 2 rings (SSSR count). The third-order valence-electron chi connectivity index (χ3n) is 3.09. The van der Waals surface area contributed by atoms with Crippen molar-refractivity contribution in [1.82, 2.24) is 5.32 Å². The molecule has 1 unspecified atom stereocenters. The molecule has 20 heavy (non-hydrogen) atoms. The van der Waals surface area contributed by atoms with Crippen LogP contribution in [0.15, 0.2) is 40.9 Å². The van der Waals surface area contributed by atoms with Crippen LogP contribution in [0.2, 0.25) is 5.02 Å². The normalized spacial score (nSPS) is 12.4. The predicted octanol–water partition coefficient (Wildman–Crippen LogP) is 4.88. The third-order valence-corrected chi connectivity index (χ3v) is 3.80. The van der Waals surface area contributed by atoms with Crippen LogP contribution in [0.4, 0.5) is 8.78 Å². The maximum absolute atomic E-state index is 14.0. The standard InChI is InChI=1S/C15H13BrClF2N/c1-20-14(6-9-2-4-11(17)5-3-9)15-12(18)7-10(16)8-13(15)19/h2-5,7-8,14,20H,6H2,1H3. The quantitative estimate of drug-likeness (QED) is 0.819. The Kier molecular flexibility index (Phi) is 5.13. The minimum absolute atomic E-state index is 0.0469. The molecular formula is C15H13BrClF2N. The van der Waals surface area contributed by atoms with Gasteiger partial charge in [0.15, 0.2) is 0 Å². The SMILES string of the molecule is CNC(Cc1ccc(Cl)cc1)c1c(F)cc(Br)cc1F. The number of benzene rings is 2. The molecule has 2 aromatic rings. The lowest BCUT2D eigenvalue weighted by atomic mass is 9.98. The zero-order valence-electron chi connectivity index (χ0n) is 10.8. The third kappa shape index (κ3) is 3.57. The molecule has 0 spiro atoms. The van der Waals surface area contributed by atoms with Gasteiger partial charge in [0.1, 0.15) is 11.6 Å². The number of rotatable bonds is 4. The number of likely N-dealkylation sites (N-methyl/N-ethyl adjacent to an activating group) is 1. The van der Waals surface area contributed by atoms with Crippen molar-refractivity contribution in [3.05, 3.63) is 68.7 Å². The first-order chi connectivity index (χ1) is 9.51. The van der Waals surface area contributed by atoms with Crippen LogP contribution in [-0.4, -0.2) is 7.05 Å². The summed E-state index contributed by atoms with van der Waals surface area (Å²) in [7, 11) is 1.68. The van der Waals surface area contributed by atoms with E-state index in [4.69, 9.17) is 11.6 Å². The van der Waals surface area contributed by atoms with Gasteiger partial charge in [0.2, 0.25) is 0 Å². The number of halogens is 4. The van der Waals surface area contributed by atoms with Gasteiger partial charge in [0.05, 0.1) is 0 Å². The van der Waals surface area contributed by atoms with Crippen LogP contribution in [0.1, 0.15) is 17.2 Å². The van der Waals surface area contributed by atoms with Gasteiger partial charge in [0, 0.05) is 21.1 Å². The lowest BCUT2D eigenvalue weighted by Gasteiger charge is -2.18. The fraction of sp³-hybridized carbons (Fsp3) is 0.200. The molecule has 0 aliphatic heterocycles. The Bertz CT molecular complexity index is 578. The average molecular weight is 361 g/mol. The summed E-state index contributed by atoms with van der Waals surface area (Å²) in [5.74, 6) is -1.13. The monoisotopic (exact) mass is 359 g/mol. The number of nitrogens with one attached hydrogen (secondary N) is 1. The van der Waals surface area contributed by atoms with Crippen LogP contribution < -0.4 is 5.32 Å². The van der Waals surface area contributed by atoms with Crippen molar-refractivity contribution in [3.63, 3.8) is 0 Å². The van der Waals surface area contributed by atoms with Gasteiger partial charge in [-0.3, -0.25) is 0 Å². The fourth-order valence-electron chi connectivity index (χ4n) is 2.09. The molecule has 1 N–H and O–H groups in total. The number of hydrogen-bond acceptors (Lipinski definition) is 1. The summed E-state index contributed by atoms with van der Waals surface area (Å²) in [4.78, 5) is 0. The zero-order valence-corrected chi connectivity index (χ0v) is 13.1.